The minimum absolute atomic E-state index is 0.0242. The Balaban J connectivity index is 1.44. The van der Waals surface area contributed by atoms with Crippen molar-refractivity contribution in [2.45, 2.75) is 51.5 Å². The highest BCUT2D eigenvalue weighted by Gasteiger charge is 2.39. The van der Waals surface area contributed by atoms with Crippen LogP contribution in [0.15, 0.2) is 32.0 Å². The molecule has 1 N–H and O–H groups in total. The SMILES string of the molecule is C=NC1=C(/C=N\CC2CC2)CN(C(=O)c2c(C)oc3ncnc(NC4(C)CC4)c23)CC1. The molecule has 2 fully saturated rings. The zero-order valence-electron chi connectivity index (χ0n) is 18.1. The van der Waals surface area contributed by atoms with E-state index in [-0.39, 0.29) is 11.4 Å². The Hall–Kier alpha value is -3.03. The molecular weight excluding hydrogens is 392 g/mol. The van der Waals surface area contributed by atoms with Gasteiger partial charge in [-0.05, 0) is 52.2 Å². The number of rotatable bonds is 7. The molecule has 5 rings (SSSR count). The molecule has 0 atom stereocenters. The van der Waals surface area contributed by atoms with Crippen LogP contribution in [0.5, 0.6) is 0 Å². The predicted molar refractivity (Wildman–Crippen MR) is 121 cm³/mol. The van der Waals surface area contributed by atoms with Crippen molar-refractivity contribution in [1.29, 1.82) is 0 Å². The molecule has 2 saturated carbocycles. The molecule has 3 aliphatic rings. The summed E-state index contributed by atoms with van der Waals surface area (Å²) in [6, 6.07) is 0. The molecule has 3 heterocycles. The predicted octanol–water partition coefficient (Wildman–Crippen LogP) is 3.78. The Kier molecular flexibility index (Phi) is 4.87. The Morgan fingerprint density at radius 3 is 2.94 bits per heavy atom. The quantitative estimate of drug-likeness (QED) is 0.688. The Morgan fingerprint density at radius 2 is 2.23 bits per heavy atom. The van der Waals surface area contributed by atoms with E-state index >= 15 is 0 Å². The molecule has 0 spiro atoms. The number of carbonyl (C=O) groups excluding carboxylic acids is 1. The smallest absolute Gasteiger partial charge is 0.258 e. The van der Waals surface area contributed by atoms with Gasteiger partial charge in [0.05, 0.1) is 10.9 Å². The molecule has 8 nitrogen and oxygen atoms in total. The molecule has 8 heteroatoms. The minimum atomic E-state index is -0.0775. The van der Waals surface area contributed by atoms with E-state index in [0.29, 0.717) is 47.8 Å². The van der Waals surface area contributed by atoms with Crippen LogP contribution >= 0.6 is 0 Å². The van der Waals surface area contributed by atoms with Crippen LogP contribution in [0.1, 0.15) is 55.1 Å². The lowest BCUT2D eigenvalue weighted by Crippen LogP contribution is -2.37. The number of nitrogens with zero attached hydrogens (tertiary/aromatic N) is 5. The maximum atomic E-state index is 13.6. The number of hydrogen-bond donors (Lipinski definition) is 1. The summed E-state index contributed by atoms with van der Waals surface area (Å²) < 4.78 is 5.85. The van der Waals surface area contributed by atoms with E-state index in [1.165, 1.54) is 19.2 Å². The highest BCUT2D eigenvalue weighted by atomic mass is 16.3. The number of aromatic nitrogens is 2. The van der Waals surface area contributed by atoms with Crippen molar-refractivity contribution < 1.29 is 9.21 Å². The average molecular weight is 421 g/mol. The van der Waals surface area contributed by atoms with Gasteiger partial charge in [-0.15, -0.1) is 0 Å². The van der Waals surface area contributed by atoms with Gasteiger partial charge in [0.1, 0.15) is 17.9 Å². The molecule has 1 amide bonds. The standard InChI is InChI=1S/C23H28N6O2/c1-14-18(19-20(28-23(2)7-8-23)26-13-27-21(19)31-14)22(30)29-9-6-17(24-3)16(12-29)11-25-10-15-4-5-15/h11,13,15H,3-10,12H2,1-2H3,(H,26,27,28)/b25-11-. The summed E-state index contributed by atoms with van der Waals surface area (Å²) >= 11 is 0. The summed E-state index contributed by atoms with van der Waals surface area (Å²) in [5, 5.41) is 4.15. The van der Waals surface area contributed by atoms with Gasteiger partial charge >= 0.3 is 0 Å². The van der Waals surface area contributed by atoms with Crippen LogP contribution in [0, 0.1) is 12.8 Å². The average Bonchev–Trinajstić information content (AvgIpc) is 3.68. The van der Waals surface area contributed by atoms with Crippen molar-refractivity contribution in [3.05, 3.63) is 28.9 Å². The monoisotopic (exact) mass is 420 g/mol. The van der Waals surface area contributed by atoms with Crippen LogP contribution in [0.2, 0.25) is 0 Å². The van der Waals surface area contributed by atoms with Gasteiger partial charge in [0, 0.05) is 49.1 Å². The third-order valence-corrected chi connectivity index (χ3v) is 6.43. The summed E-state index contributed by atoms with van der Waals surface area (Å²) in [6.07, 6.45) is 8.71. The fourth-order valence-corrected chi connectivity index (χ4v) is 4.01. The molecule has 2 aromatic rings. The number of amides is 1. The Morgan fingerprint density at radius 1 is 1.42 bits per heavy atom. The fourth-order valence-electron chi connectivity index (χ4n) is 4.01. The molecular formula is C23H28N6O2. The lowest BCUT2D eigenvalue weighted by atomic mass is 10.0. The van der Waals surface area contributed by atoms with E-state index in [0.717, 1.165) is 36.6 Å². The lowest BCUT2D eigenvalue weighted by molar-refractivity contribution is 0.0766. The molecule has 0 unspecified atom stereocenters. The van der Waals surface area contributed by atoms with E-state index in [9.17, 15) is 4.79 Å². The fraction of sp³-hybridized carbons (Fsp3) is 0.522. The van der Waals surface area contributed by atoms with Gasteiger partial charge in [-0.1, -0.05) is 0 Å². The van der Waals surface area contributed by atoms with Gasteiger partial charge in [-0.25, -0.2) is 9.97 Å². The molecule has 31 heavy (non-hydrogen) atoms. The van der Waals surface area contributed by atoms with Crippen LogP contribution in [0.25, 0.3) is 11.1 Å². The zero-order chi connectivity index (χ0) is 21.6. The van der Waals surface area contributed by atoms with E-state index in [1.54, 1.807) is 0 Å². The van der Waals surface area contributed by atoms with Crippen LogP contribution in [-0.2, 0) is 0 Å². The molecule has 1 aliphatic heterocycles. The van der Waals surface area contributed by atoms with Crippen molar-refractivity contribution >= 4 is 35.8 Å². The topological polar surface area (TPSA) is 96.0 Å². The summed E-state index contributed by atoms with van der Waals surface area (Å²) in [5.74, 6) is 1.87. The van der Waals surface area contributed by atoms with E-state index in [4.69, 9.17) is 4.42 Å². The molecule has 0 radical (unpaired) electrons. The maximum Gasteiger partial charge on any atom is 0.258 e. The summed E-state index contributed by atoms with van der Waals surface area (Å²) in [7, 11) is 0. The van der Waals surface area contributed by atoms with Crippen molar-refractivity contribution in [1.82, 2.24) is 14.9 Å². The normalized spacial score (nSPS) is 20.5. The first kappa shape index (κ1) is 19.9. The highest BCUT2D eigenvalue weighted by molar-refractivity contribution is 6.10. The number of nitrogens with one attached hydrogen (secondary N) is 1. The van der Waals surface area contributed by atoms with Crippen LogP contribution in [0.3, 0.4) is 0 Å². The number of furan rings is 1. The van der Waals surface area contributed by atoms with Gasteiger partial charge in [0.25, 0.3) is 5.91 Å². The zero-order valence-corrected chi connectivity index (χ0v) is 18.1. The summed E-state index contributed by atoms with van der Waals surface area (Å²) in [6.45, 7) is 9.55. The maximum absolute atomic E-state index is 13.6. The largest absolute Gasteiger partial charge is 0.442 e. The number of aryl methyl sites for hydroxylation is 1. The Labute approximate surface area is 181 Å². The molecule has 0 bridgehead atoms. The summed E-state index contributed by atoms with van der Waals surface area (Å²) in [5.41, 5.74) is 2.88. The van der Waals surface area contributed by atoms with Crippen molar-refractivity contribution in [2.24, 2.45) is 15.9 Å². The second-order valence-electron chi connectivity index (χ2n) is 9.17. The molecule has 162 valence electrons. The van der Waals surface area contributed by atoms with Crippen LogP contribution < -0.4 is 5.32 Å². The first-order chi connectivity index (χ1) is 15.0. The van der Waals surface area contributed by atoms with Crippen molar-refractivity contribution in [3.63, 3.8) is 0 Å². The van der Waals surface area contributed by atoms with E-state index < -0.39 is 0 Å². The van der Waals surface area contributed by atoms with Crippen molar-refractivity contribution in [3.8, 4) is 0 Å². The number of aliphatic imine (C=N–C) groups is 2. The minimum Gasteiger partial charge on any atom is -0.442 e. The molecule has 0 aromatic carbocycles. The van der Waals surface area contributed by atoms with Gasteiger partial charge in [-0.3, -0.25) is 14.8 Å². The molecule has 0 saturated heterocycles. The first-order valence-corrected chi connectivity index (χ1v) is 11.0. The van der Waals surface area contributed by atoms with Gasteiger partial charge in [0.15, 0.2) is 0 Å². The molecule has 2 aliphatic carbocycles. The number of fused-ring (bicyclic) bond motifs is 1. The highest BCUT2D eigenvalue weighted by Crippen LogP contribution is 2.40. The van der Waals surface area contributed by atoms with Gasteiger partial charge in [0.2, 0.25) is 5.71 Å². The van der Waals surface area contributed by atoms with Crippen LogP contribution in [0.4, 0.5) is 5.82 Å². The van der Waals surface area contributed by atoms with Crippen LogP contribution in [-0.4, -0.2) is 58.9 Å². The third-order valence-electron chi connectivity index (χ3n) is 6.43. The number of hydrogen-bond acceptors (Lipinski definition) is 7. The third kappa shape index (κ3) is 3.98. The van der Waals surface area contributed by atoms with Crippen molar-refractivity contribution in [2.75, 3.05) is 25.0 Å². The molecule has 2 aromatic heterocycles. The summed E-state index contributed by atoms with van der Waals surface area (Å²) in [4.78, 5) is 32.9. The number of anilines is 1. The van der Waals surface area contributed by atoms with Gasteiger partial charge < -0.3 is 14.6 Å². The van der Waals surface area contributed by atoms with E-state index in [1.807, 2.05) is 18.0 Å². The van der Waals surface area contributed by atoms with Gasteiger partial charge in [-0.2, -0.15) is 0 Å². The second kappa shape index (κ2) is 7.59. The Bertz CT molecular complexity index is 1110. The number of carbonyl (C=O) groups is 1. The second-order valence-corrected chi connectivity index (χ2v) is 9.17. The van der Waals surface area contributed by atoms with E-state index in [2.05, 4.69) is 38.9 Å². The lowest BCUT2D eigenvalue weighted by Gasteiger charge is -2.28. The first-order valence-electron chi connectivity index (χ1n) is 11.0.